The fourth-order valence-corrected chi connectivity index (χ4v) is 4.51. The van der Waals surface area contributed by atoms with E-state index in [1.807, 2.05) is 51.1 Å². The lowest BCUT2D eigenvalue weighted by molar-refractivity contribution is -0.177. The van der Waals surface area contributed by atoms with Crippen LogP contribution < -0.4 is 5.73 Å². The summed E-state index contributed by atoms with van der Waals surface area (Å²) in [6, 6.07) is 9.57. The summed E-state index contributed by atoms with van der Waals surface area (Å²) in [5.74, 6) is -0.741. The van der Waals surface area contributed by atoms with Crippen LogP contribution in [0.2, 0.25) is 0 Å². The van der Waals surface area contributed by atoms with Crippen LogP contribution in [-0.4, -0.2) is 34.8 Å². The lowest BCUT2D eigenvalue weighted by atomic mass is 9.72. The van der Waals surface area contributed by atoms with Crippen LogP contribution in [0, 0.1) is 5.92 Å². The predicted octanol–water partition coefficient (Wildman–Crippen LogP) is 3.73. The van der Waals surface area contributed by atoms with Gasteiger partial charge in [-0.05, 0) is 70.1 Å². The summed E-state index contributed by atoms with van der Waals surface area (Å²) in [5.41, 5.74) is 4.16. The first-order valence-corrected chi connectivity index (χ1v) is 10.6. The van der Waals surface area contributed by atoms with E-state index in [1.54, 1.807) is 18.4 Å². The highest BCUT2D eigenvalue weighted by Crippen LogP contribution is 2.42. The molecule has 1 amide bonds. The van der Waals surface area contributed by atoms with Crippen LogP contribution in [0.1, 0.15) is 58.4 Å². The van der Waals surface area contributed by atoms with Gasteiger partial charge in [0, 0.05) is 6.21 Å². The standard InChI is InChI=1S/C24H32N2O4/c1-22(2,3)30-24(20(25)27)13-7-11-19(16-24)15-23(12-8-14-26-23)21(28)29-17-18-9-5-4-6-10-18/h4-6,8-10,12,14,19H,7,11,13,15-17H2,1-3H3,(H2,25,27). The molecule has 0 aromatic heterocycles. The number of hydrogen-bond acceptors (Lipinski definition) is 5. The van der Waals surface area contributed by atoms with E-state index in [2.05, 4.69) is 4.99 Å². The minimum absolute atomic E-state index is 0.0674. The zero-order valence-electron chi connectivity index (χ0n) is 18.1. The number of aliphatic imine (C=N–C) groups is 1. The lowest BCUT2D eigenvalue weighted by Gasteiger charge is -2.43. The maximum Gasteiger partial charge on any atom is 0.338 e. The van der Waals surface area contributed by atoms with Gasteiger partial charge in [-0.25, -0.2) is 4.79 Å². The molecule has 3 unspecified atom stereocenters. The Balaban J connectivity index is 1.72. The van der Waals surface area contributed by atoms with Gasteiger partial charge in [0.25, 0.3) is 0 Å². The van der Waals surface area contributed by atoms with Gasteiger partial charge in [-0.1, -0.05) is 36.8 Å². The SMILES string of the molecule is CC(C)(C)OC1(C(N)=O)CCCC(CC2(C(=O)OCc3ccccc3)C=CC=N2)C1. The monoisotopic (exact) mass is 412 g/mol. The minimum atomic E-state index is -1.05. The number of ether oxygens (including phenoxy) is 2. The third kappa shape index (κ3) is 5.17. The largest absolute Gasteiger partial charge is 0.459 e. The van der Waals surface area contributed by atoms with Gasteiger partial charge in [0.15, 0.2) is 5.54 Å². The van der Waals surface area contributed by atoms with Gasteiger partial charge in [-0.15, -0.1) is 0 Å². The molecule has 1 saturated carbocycles. The van der Waals surface area contributed by atoms with Crippen molar-refractivity contribution >= 4 is 18.1 Å². The second kappa shape index (κ2) is 8.72. The zero-order chi connectivity index (χ0) is 21.8. The minimum Gasteiger partial charge on any atom is -0.459 e. The topological polar surface area (TPSA) is 91.0 Å². The number of amides is 1. The van der Waals surface area contributed by atoms with E-state index in [0.29, 0.717) is 19.3 Å². The smallest absolute Gasteiger partial charge is 0.338 e. The summed E-state index contributed by atoms with van der Waals surface area (Å²) in [7, 11) is 0. The highest BCUT2D eigenvalue weighted by molar-refractivity contribution is 5.91. The molecule has 0 spiro atoms. The molecule has 0 saturated heterocycles. The van der Waals surface area contributed by atoms with Crippen molar-refractivity contribution < 1.29 is 19.1 Å². The Morgan fingerprint density at radius 3 is 2.57 bits per heavy atom. The van der Waals surface area contributed by atoms with Gasteiger partial charge in [0.2, 0.25) is 5.91 Å². The van der Waals surface area contributed by atoms with E-state index in [-0.39, 0.29) is 18.5 Å². The van der Waals surface area contributed by atoms with E-state index in [9.17, 15) is 9.59 Å². The van der Waals surface area contributed by atoms with Crippen LogP contribution in [0.15, 0.2) is 47.5 Å². The molecule has 162 valence electrons. The van der Waals surface area contributed by atoms with Crippen LogP contribution in [0.25, 0.3) is 0 Å². The molecule has 1 aromatic rings. The first-order chi connectivity index (χ1) is 14.1. The third-order valence-electron chi connectivity index (χ3n) is 5.69. The van der Waals surface area contributed by atoms with Crippen molar-refractivity contribution in [2.75, 3.05) is 0 Å². The van der Waals surface area contributed by atoms with Crippen molar-refractivity contribution in [3.63, 3.8) is 0 Å². The Hall–Kier alpha value is -2.47. The molecule has 1 fully saturated rings. The first kappa shape index (κ1) is 22.2. The molecule has 6 heteroatoms. The van der Waals surface area contributed by atoms with Gasteiger partial charge in [-0.2, -0.15) is 0 Å². The van der Waals surface area contributed by atoms with E-state index in [0.717, 1.165) is 18.4 Å². The molecule has 3 atom stereocenters. The molecular formula is C24H32N2O4. The Morgan fingerprint density at radius 1 is 1.23 bits per heavy atom. The predicted molar refractivity (Wildman–Crippen MR) is 116 cm³/mol. The van der Waals surface area contributed by atoms with Crippen LogP contribution in [-0.2, 0) is 25.7 Å². The average Bonchev–Trinajstić information content (AvgIpc) is 3.15. The molecule has 1 aliphatic heterocycles. The molecule has 1 heterocycles. The van der Waals surface area contributed by atoms with E-state index in [4.69, 9.17) is 15.2 Å². The van der Waals surface area contributed by atoms with E-state index >= 15 is 0 Å². The number of benzene rings is 1. The summed E-state index contributed by atoms with van der Waals surface area (Å²) in [4.78, 5) is 29.9. The van der Waals surface area contributed by atoms with Gasteiger partial charge >= 0.3 is 5.97 Å². The zero-order valence-corrected chi connectivity index (χ0v) is 18.1. The van der Waals surface area contributed by atoms with Gasteiger partial charge in [-0.3, -0.25) is 9.79 Å². The lowest BCUT2D eigenvalue weighted by Crippen LogP contribution is -2.53. The second-order valence-electron chi connectivity index (χ2n) is 9.36. The molecule has 2 N–H and O–H groups in total. The molecular weight excluding hydrogens is 380 g/mol. The number of esters is 1. The summed E-state index contributed by atoms with van der Waals surface area (Å²) in [5, 5.41) is 0. The fraction of sp³-hybridized carbons (Fsp3) is 0.542. The Kier molecular flexibility index (Phi) is 6.46. The molecule has 2 aliphatic rings. The van der Waals surface area contributed by atoms with Gasteiger partial charge in [0.1, 0.15) is 12.2 Å². The summed E-state index contributed by atoms with van der Waals surface area (Å²) in [6.45, 7) is 5.98. The summed E-state index contributed by atoms with van der Waals surface area (Å²) < 4.78 is 11.8. The number of hydrogen-bond donors (Lipinski definition) is 1. The van der Waals surface area contributed by atoms with Crippen molar-refractivity contribution in [3.05, 3.63) is 48.0 Å². The molecule has 3 rings (SSSR count). The van der Waals surface area contributed by atoms with Crippen LogP contribution >= 0.6 is 0 Å². The van der Waals surface area contributed by atoms with Crippen molar-refractivity contribution in [1.29, 1.82) is 0 Å². The van der Waals surface area contributed by atoms with Crippen molar-refractivity contribution in [1.82, 2.24) is 0 Å². The number of nitrogens with zero attached hydrogens (tertiary/aromatic N) is 1. The fourth-order valence-electron chi connectivity index (χ4n) is 4.51. The number of rotatable bonds is 7. The molecule has 1 aromatic carbocycles. The van der Waals surface area contributed by atoms with Crippen molar-refractivity contribution in [2.45, 2.75) is 76.2 Å². The number of allylic oxidation sites excluding steroid dienone is 1. The summed E-state index contributed by atoms with van der Waals surface area (Å²) in [6.07, 6.45) is 8.46. The van der Waals surface area contributed by atoms with Crippen molar-refractivity contribution in [3.8, 4) is 0 Å². The first-order valence-electron chi connectivity index (χ1n) is 10.6. The third-order valence-corrected chi connectivity index (χ3v) is 5.69. The molecule has 0 bridgehead atoms. The van der Waals surface area contributed by atoms with Crippen LogP contribution in [0.3, 0.4) is 0 Å². The summed E-state index contributed by atoms with van der Waals surface area (Å²) >= 11 is 0. The normalized spacial score (nSPS) is 28.4. The number of carbonyl (C=O) groups is 2. The quantitative estimate of drug-likeness (QED) is 0.691. The Morgan fingerprint density at radius 2 is 1.97 bits per heavy atom. The number of nitrogens with two attached hydrogens (primary N) is 1. The highest BCUT2D eigenvalue weighted by atomic mass is 16.5. The highest BCUT2D eigenvalue weighted by Gasteiger charge is 2.48. The Bertz CT molecular complexity index is 813. The van der Waals surface area contributed by atoms with E-state index < -0.39 is 22.6 Å². The van der Waals surface area contributed by atoms with E-state index in [1.165, 1.54) is 0 Å². The molecule has 6 nitrogen and oxygen atoms in total. The number of primary amides is 1. The second-order valence-corrected chi connectivity index (χ2v) is 9.36. The number of carbonyl (C=O) groups excluding carboxylic acids is 2. The molecule has 1 aliphatic carbocycles. The van der Waals surface area contributed by atoms with Crippen molar-refractivity contribution in [2.24, 2.45) is 16.6 Å². The Labute approximate surface area is 178 Å². The van der Waals surface area contributed by atoms with Crippen LogP contribution in [0.5, 0.6) is 0 Å². The average molecular weight is 413 g/mol. The maximum absolute atomic E-state index is 13.0. The molecule has 30 heavy (non-hydrogen) atoms. The maximum atomic E-state index is 13.0. The molecule has 0 radical (unpaired) electrons. The van der Waals surface area contributed by atoms with Crippen LogP contribution in [0.4, 0.5) is 0 Å². The van der Waals surface area contributed by atoms with Gasteiger partial charge < -0.3 is 15.2 Å². The van der Waals surface area contributed by atoms with Gasteiger partial charge in [0.05, 0.1) is 5.60 Å².